The van der Waals surface area contributed by atoms with E-state index in [4.69, 9.17) is 13.9 Å². The Labute approximate surface area is 203 Å². The van der Waals surface area contributed by atoms with Gasteiger partial charge in [0.25, 0.3) is 0 Å². The fourth-order valence-corrected chi connectivity index (χ4v) is 10.8. The highest BCUT2D eigenvalue weighted by atomic mass is 28.4. The largest absolute Gasteiger partial charge is 0.472 e. The monoisotopic (exact) mass is 486 g/mol. The Bertz CT molecular complexity index is 838. The molecule has 3 atom stereocenters. The van der Waals surface area contributed by atoms with Gasteiger partial charge in [-0.3, -0.25) is 4.79 Å². The minimum Gasteiger partial charge on any atom is -0.472 e. The van der Waals surface area contributed by atoms with Crippen LogP contribution in [0.5, 0.6) is 0 Å². The van der Waals surface area contributed by atoms with Crippen LogP contribution in [-0.4, -0.2) is 41.0 Å². The zero-order chi connectivity index (χ0) is 24.8. The van der Waals surface area contributed by atoms with Gasteiger partial charge in [-0.05, 0) is 34.2 Å². The van der Waals surface area contributed by atoms with E-state index in [1.54, 1.807) is 0 Å². The third-order valence-corrected chi connectivity index (χ3v) is 13.2. The zero-order valence-electron chi connectivity index (χ0n) is 21.8. The molecule has 0 saturated heterocycles. The highest BCUT2D eigenvalue weighted by Gasteiger charge is 2.49. The van der Waals surface area contributed by atoms with Crippen LogP contribution in [0.2, 0.25) is 36.3 Å². The lowest BCUT2D eigenvalue weighted by Gasteiger charge is -2.46. The summed E-state index contributed by atoms with van der Waals surface area (Å²) in [6.07, 6.45) is 1.12. The first-order valence-electron chi connectivity index (χ1n) is 12.1. The average Bonchev–Trinajstić information content (AvgIpc) is 2.74. The Morgan fingerprint density at radius 3 is 2.06 bits per heavy atom. The van der Waals surface area contributed by atoms with Crippen molar-refractivity contribution in [3.63, 3.8) is 0 Å². The number of carbonyl (C=O) groups is 1. The molecule has 0 aliphatic carbocycles. The zero-order valence-corrected chi connectivity index (χ0v) is 23.8. The molecule has 0 amide bonds. The predicted octanol–water partition coefficient (Wildman–Crippen LogP) is 6.49. The molecule has 4 nitrogen and oxygen atoms in total. The fourth-order valence-electron chi connectivity index (χ4n) is 4.81. The van der Waals surface area contributed by atoms with E-state index in [2.05, 4.69) is 72.6 Å². The quantitative estimate of drug-likeness (QED) is 0.227. The summed E-state index contributed by atoms with van der Waals surface area (Å²) in [6.45, 7) is 20.5. The van der Waals surface area contributed by atoms with Crippen LogP contribution < -0.4 is 0 Å². The number of hydrogen-bond donors (Lipinski definition) is 0. The van der Waals surface area contributed by atoms with E-state index in [1.165, 1.54) is 0 Å². The van der Waals surface area contributed by atoms with Gasteiger partial charge in [0.1, 0.15) is 14.2 Å². The van der Waals surface area contributed by atoms with Crippen molar-refractivity contribution >= 4 is 22.7 Å². The van der Waals surface area contributed by atoms with E-state index < -0.39 is 28.6 Å². The van der Waals surface area contributed by atoms with Crippen LogP contribution in [-0.2, 0) is 25.3 Å². The summed E-state index contributed by atoms with van der Waals surface area (Å²) in [4.78, 5) is 12.1. The van der Waals surface area contributed by atoms with E-state index in [0.29, 0.717) is 29.0 Å². The molecule has 0 aromatic heterocycles. The molecule has 1 heterocycles. The Hall–Kier alpha value is -1.66. The van der Waals surface area contributed by atoms with Crippen LogP contribution in [0.1, 0.15) is 47.1 Å². The van der Waals surface area contributed by atoms with Crippen molar-refractivity contribution in [2.75, 3.05) is 0 Å². The number of benzene rings is 1. The summed E-state index contributed by atoms with van der Waals surface area (Å²) in [6, 6.07) is 9.99. The summed E-state index contributed by atoms with van der Waals surface area (Å²) >= 11 is 0. The Morgan fingerprint density at radius 2 is 1.58 bits per heavy atom. The van der Waals surface area contributed by atoms with Gasteiger partial charge in [0, 0.05) is 0 Å². The lowest BCUT2D eigenvalue weighted by atomic mass is 10.0. The topological polar surface area (TPSA) is 44.8 Å². The number of aldehydes is 1. The second-order valence-corrected chi connectivity index (χ2v) is 21.1. The summed E-state index contributed by atoms with van der Waals surface area (Å²) < 4.78 is 19.4. The first-order valence-corrected chi connectivity index (χ1v) is 17.7. The lowest BCUT2D eigenvalue weighted by molar-refractivity contribution is -0.138. The highest BCUT2D eigenvalue weighted by Crippen LogP contribution is 2.44. The van der Waals surface area contributed by atoms with Crippen molar-refractivity contribution in [3.05, 3.63) is 47.7 Å². The molecule has 1 aliphatic rings. The van der Waals surface area contributed by atoms with Crippen LogP contribution in [0.3, 0.4) is 0 Å². The maximum Gasteiger partial charge on any atom is 0.201 e. The normalized spacial score (nSPS) is 21.5. The van der Waals surface area contributed by atoms with Gasteiger partial charge in [-0.2, -0.15) is 0 Å². The second-order valence-electron chi connectivity index (χ2n) is 10.9. The second kappa shape index (κ2) is 11.7. The van der Waals surface area contributed by atoms with Gasteiger partial charge in [-0.25, -0.2) is 0 Å². The molecule has 0 saturated carbocycles. The third-order valence-electron chi connectivity index (χ3n) is 6.25. The Balaban J connectivity index is 2.48. The van der Waals surface area contributed by atoms with Crippen LogP contribution in [0.15, 0.2) is 42.2 Å². The highest BCUT2D eigenvalue weighted by molar-refractivity contribution is 6.83. The molecule has 1 aromatic rings. The SMILES string of the molecule is CC(C)[Si](O[C@@H]1C=C(C#C[Si](C)(C)C)O[C@H](C=O)[C@H]1OCc1ccccc1)(C(C)C)C(C)C. The molecular weight excluding hydrogens is 444 g/mol. The van der Waals surface area contributed by atoms with Gasteiger partial charge in [0.2, 0.25) is 8.32 Å². The van der Waals surface area contributed by atoms with Gasteiger partial charge in [0.15, 0.2) is 18.1 Å². The molecule has 0 unspecified atom stereocenters. The molecule has 0 N–H and O–H groups in total. The fraction of sp³-hybridized carbons (Fsp3) is 0.593. The maximum absolute atomic E-state index is 12.1. The van der Waals surface area contributed by atoms with E-state index >= 15 is 0 Å². The van der Waals surface area contributed by atoms with Crippen molar-refractivity contribution in [3.8, 4) is 11.5 Å². The van der Waals surface area contributed by atoms with Crippen molar-refractivity contribution in [1.82, 2.24) is 0 Å². The van der Waals surface area contributed by atoms with Crippen molar-refractivity contribution in [1.29, 1.82) is 0 Å². The molecule has 1 aromatic carbocycles. The van der Waals surface area contributed by atoms with Crippen LogP contribution >= 0.6 is 0 Å². The van der Waals surface area contributed by atoms with Gasteiger partial charge in [-0.15, -0.1) is 5.54 Å². The van der Waals surface area contributed by atoms with E-state index in [9.17, 15) is 4.79 Å². The van der Waals surface area contributed by atoms with E-state index in [1.807, 2.05) is 36.4 Å². The minimum absolute atomic E-state index is 0.387. The number of hydrogen-bond acceptors (Lipinski definition) is 4. The predicted molar refractivity (Wildman–Crippen MR) is 141 cm³/mol. The van der Waals surface area contributed by atoms with Crippen molar-refractivity contribution in [2.24, 2.45) is 0 Å². The molecule has 2 rings (SSSR count). The van der Waals surface area contributed by atoms with Gasteiger partial charge < -0.3 is 13.9 Å². The summed E-state index contributed by atoms with van der Waals surface area (Å²) in [7, 11) is -3.84. The number of carbonyl (C=O) groups excluding carboxylic acids is 1. The first-order chi connectivity index (χ1) is 15.4. The average molecular weight is 487 g/mol. The Kier molecular flexibility index (Phi) is 9.74. The summed E-state index contributed by atoms with van der Waals surface area (Å²) in [5, 5.41) is 0. The van der Waals surface area contributed by atoms with E-state index in [-0.39, 0.29) is 6.10 Å². The van der Waals surface area contributed by atoms with Gasteiger partial charge in [-0.1, -0.05) is 91.5 Å². The van der Waals surface area contributed by atoms with Crippen molar-refractivity contribution in [2.45, 2.75) is 103 Å². The molecule has 182 valence electrons. The summed E-state index contributed by atoms with van der Waals surface area (Å²) in [5.74, 6) is 3.72. The molecular formula is C27H42O4Si2. The van der Waals surface area contributed by atoms with Gasteiger partial charge in [0.05, 0.1) is 12.7 Å². The van der Waals surface area contributed by atoms with Gasteiger partial charge >= 0.3 is 0 Å². The smallest absolute Gasteiger partial charge is 0.201 e. The number of allylic oxidation sites excluding steroid dienone is 1. The van der Waals surface area contributed by atoms with Crippen molar-refractivity contribution < 1.29 is 18.7 Å². The minimum atomic E-state index is -2.23. The first kappa shape index (κ1) is 27.6. The third kappa shape index (κ3) is 7.16. The number of ether oxygens (including phenoxy) is 2. The standard InChI is InChI=1S/C27H42O4Si2/c1-20(2)33(21(3)4,22(5)6)31-25-17-24(15-16-32(7,8)9)30-26(18-28)27(25)29-19-23-13-11-10-12-14-23/h10-14,17-18,20-22,25-27H,19H2,1-9H3/t25-,26-,27+/m1/s1. The van der Waals surface area contributed by atoms with Crippen LogP contribution in [0.25, 0.3) is 0 Å². The molecule has 0 spiro atoms. The number of rotatable bonds is 9. The molecule has 6 heteroatoms. The van der Waals surface area contributed by atoms with E-state index in [0.717, 1.165) is 11.8 Å². The molecule has 0 fully saturated rings. The lowest BCUT2D eigenvalue weighted by Crippen LogP contribution is -2.55. The Morgan fingerprint density at radius 1 is 1.00 bits per heavy atom. The summed E-state index contributed by atoms with van der Waals surface area (Å²) in [5.41, 5.74) is 5.64. The molecule has 33 heavy (non-hydrogen) atoms. The van der Waals surface area contributed by atoms with Crippen LogP contribution in [0, 0.1) is 11.5 Å². The molecule has 0 radical (unpaired) electrons. The molecule has 1 aliphatic heterocycles. The maximum atomic E-state index is 12.1. The molecule has 0 bridgehead atoms. The van der Waals surface area contributed by atoms with Crippen LogP contribution in [0.4, 0.5) is 0 Å².